The maximum atomic E-state index is 4.69. The predicted molar refractivity (Wildman–Crippen MR) is 80.5 cm³/mol. The fourth-order valence-electron chi connectivity index (χ4n) is 2.27. The number of aryl methyl sites for hydroxylation is 2. The number of fused-ring (bicyclic) bond motifs is 1. The Balaban J connectivity index is 1.77. The van der Waals surface area contributed by atoms with Crippen LogP contribution in [0.15, 0.2) is 24.3 Å². The van der Waals surface area contributed by atoms with E-state index in [-0.39, 0.29) is 0 Å². The van der Waals surface area contributed by atoms with Crippen molar-refractivity contribution >= 4 is 22.4 Å². The van der Waals surface area contributed by atoms with Gasteiger partial charge in [0.15, 0.2) is 0 Å². The van der Waals surface area contributed by atoms with E-state index in [1.807, 2.05) is 25.1 Å². The van der Waals surface area contributed by atoms with Gasteiger partial charge in [0.2, 0.25) is 0 Å². The Hall–Kier alpha value is -1.79. The number of rotatable bonds is 4. The molecule has 1 aromatic carbocycles. The third-order valence-electron chi connectivity index (χ3n) is 3.26. The highest BCUT2D eigenvalue weighted by molar-refractivity contribution is 7.11. The van der Waals surface area contributed by atoms with Gasteiger partial charge in [-0.05, 0) is 26.1 Å². The minimum Gasteiger partial charge on any atom is -0.330 e. The molecule has 20 heavy (non-hydrogen) atoms. The quantitative estimate of drug-likeness (QED) is 0.739. The molecule has 0 saturated heterocycles. The van der Waals surface area contributed by atoms with Gasteiger partial charge in [-0.2, -0.15) is 0 Å². The van der Waals surface area contributed by atoms with Crippen molar-refractivity contribution in [3.63, 3.8) is 0 Å². The Kier molecular flexibility index (Phi) is 3.50. The van der Waals surface area contributed by atoms with Gasteiger partial charge in [-0.1, -0.05) is 12.1 Å². The van der Waals surface area contributed by atoms with E-state index < -0.39 is 0 Å². The van der Waals surface area contributed by atoms with Crippen LogP contribution in [0.2, 0.25) is 0 Å². The molecule has 0 amide bonds. The molecule has 0 aliphatic heterocycles. The molecule has 0 N–H and O–H groups in total. The van der Waals surface area contributed by atoms with Crippen molar-refractivity contribution in [2.75, 3.05) is 7.05 Å². The number of benzene rings is 1. The summed E-state index contributed by atoms with van der Waals surface area (Å²) in [6.45, 7) is 3.57. The van der Waals surface area contributed by atoms with Crippen molar-refractivity contribution < 1.29 is 0 Å². The Labute approximate surface area is 121 Å². The van der Waals surface area contributed by atoms with Gasteiger partial charge >= 0.3 is 0 Å². The molecule has 2 aromatic heterocycles. The Morgan fingerprint density at radius 3 is 2.70 bits per heavy atom. The van der Waals surface area contributed by atoms with E-state index in [0.29, 0.717) is 0 Å². The van der Waals surface area contributed by atoms with Crippen LogP contribution in [0.1, 0.15) is 15.8 Å². The van der Waals surface area contributed by atoms with Crippen molar-refractivity contribution in [1.29, 1.82) is 0 Å². The first-order valence-corrected chi connectivity index (χ1v) is 7.33. The Morgan fingerprint density at radius 1 is 1.20 bits per heavy atom. The van der Waals surface area contributed by atoms with Gasteiger partial charge in [-0.15, -0.1) is 21.5 Å². The normalized spacial score (nSPS) is 11.6. The lowest BCUT2D eigenvalue weighted by atomic mass is 10.3. The van der Waals surface area contributed by atoms with Crippen molar-refractivity contribution in [3.8, 4) is 0 Å². The molecule has 3 aromatic rings. The second kappa shape index (κ2) is 5.30. The third kappa shape index (κ3) is 2.57. The van der Waals surface area contributed by atoms with E-state index >= 15 is 0 Å². The van der Waals surface area contributed by atoms with Gasteiger partial charge in [0.05, 0.1) is 24.1 Å². The largest absolute Gasteiger partial charge is 0.330 e. The van der Waals surface area contributed by atoms with E-state index in [1.165, 1.54) is 5.52 Å². The van der Waals surface area contributed by atoms with E-state index in [0.717, 1.165) is 34.4 Å². The molecule has 3 rings (SSSR count). The summed E-state index contributed by atoms with van der Waals surface area (Å²) in [6, 6.07) is 8.21. The number of hydrogen-bond acceptors (Lipinski definition) is 5. The first kappa shape index (κ1) is 13.2. The second-order valence-electron chi connectivity index (χ2n) is 4.96. The van der Waals surface area contributed by atoms with E-state index in [9.17, 15) is 0 Å². The number of nitrogens with zero attached hydrogens (tertiary/aromatic N) is 5. The number of aromatic nitrogens is 4. The monoisotopic (exact) mass is 287 g/mol. The van der Waals surface area contributed by atoms with Crippen LogP contribution < -0.4 is 0 Å². The van der Waals surface area contributed by atoms with Crippen LogP contribution in [0.25, 0.3) is 11.0 Å². The zero-order valence-corrected chi connectivity index (χ0v) is 12.7. The van der Waals surface area contributed by atoms with E-state index in [1.54, 1.807) is 11.3 Å². The summed E-state index contributed by atoms with van der Waals surface area (Å²) in [5, 5.41) is 10.3. The standard InChI is InChI=1S/C14H17N5S/c1-10-16-17-14(20-10)9-18(2)8-13-15-11-6-4-5-7-12(11)19(13)3/h4-7H,8-9H2,1-3H3. The molecule has 5 nitrogen and oxygen atoms in total. The molecule has 6 heteroatoms. The van der Waals surface area contributed by atoms with Gasteiger partial charge in [-0.25, -0.2) is 4.98 Å². The summed E-state index contributed by atoms with van der Waals surface area (Å²) in [4.78, 5) is 6.90. The third-order valence-corrected chi connectivity index (χ3v) is 4.09. The predicted octanol–water partition coefficient (Wildman–Crippen LogP) is 2.37. The number of imidazole rings is 1. The molecule has 104 valence electrons. The minimum absolute atomic E-state index is 0.795. The van der Waals surface area contributed by atoms with Crippen LogP contribution in [-0.4, -0.2) is 31.7 Å². The summed E-state index contributed by atoms with van der Waals surface area (Å²) in [5.74, 6) is 1.06. The topological polar surface area (TPSA) is 46.8 Å². The summed E-state index contributed by atoms with van der Waals surface area (Å²) < 4.78 is 2.15. The molecule has 0 fully saturated rings. The van der Waals surface area contributed by atoms with Gasteiger partial charge in [0.1, 0.15) is 15.8 Å². The summed E-state index contributed by atoms with van der Waals surface area (Å²) in [7, 11) is 4.14. The number of para-hydroxylation sites is 2. The van der Waals surface area contributed by atoms with Crippen LogP contribution in [0.5, 0.6) is 0 Å². The fourth-order valence-corrected chi connectivity index (χ4v) is 3.06. The molecule has 2 heterocycles. The molecular formula is C14H17N5S. The highest BCUT2D eigenvalue weighted by Gasteiger charge is 2.11. The Morgan fingerprint density at radius 2 is 2.00 bits per heavy atom. The first-order valence-electron chi connectivity index (χ1n) is 6.51. The van der Waals surface area contributed by atoms with Crippen molar-refractivity contribution in [2.24, 2.45) is 7.05 Å². The summed E-state index contributed by atoms with van der Waals surface area (Å²) in [5.41, 5.74) is 2.22. The highest BCUT2D eigenvalue weighted by atomic mass is 32.1. The van der Waals surface area contributed by atoms with Crippen LogP contribution in [0.3, 0.4) is 0 Å². The maximum Gasteiger partial charge on any atom is 0.131 e. The zero-order chi connectivity index (χ0) is 14.1. The molecule has 0 saturated carbocycles. The molecule has 0 spiro atoms. The van der Waals surface area contributed by atoms with E-state index in [4.69, 9.17) is 0 Å². The Bertz CT molecular complexity index is 730. The van der Waals surface area contributed by atoms with Crippen LogP contribution in [0, 0.1) is 6.92 Å². The summed E-state index contributed by atoms with van der Waals surface area (Å²) >= 11 is 1.64. The van der Waals surface area contributed by atoms with Gasteiger partial charge < -0.3 is 4.57 Å². The van der Waals surface area contributed by atoms with Crippen molar-refractivity contribution in [1.82, 2.24) is 24.6 Å². The molecule has 0 aliphatic rings. The zero-order valence-electron chi connectivity index (χ0n) is 11.9. The average molecular weight is 287 g/mol. The summed E-state index contributed by atoms with van der Waals surface area (Å²) in [6.07, 6.45) is 0. The lowest BCUT2D eigenvalue weighted by Crippen LogP contribution is -2.19. The molecule has 0 aliphatic carbocycles. The molecule has 0 bridgehead atoms. The second-order valence-corrected chi connectivity index (χ2v) is 6.23. The SMILES string of the molecule is Cc1nnc(CN(C)Cc2nc3ccccc3n2C)s1. The maximum absolute atomic E-state index is 4.69. The van der Waals surface area contributed by atoms with Crippen LogP contribution >= 0.6 is 11.3 Å². The molecular weight excluding hydrogens is 270 g/mol. The minimum atomic E-state index is 0.795. The average Bonchev–Trinajstić information content (AvgIpc) is 2.95. The highest BCUT2D eigenvalue weighted by Crippen LogP contribution is 2.16. The van der Waals surface area contributed by atoms with Crippen LogP contribution in [0.4, 0.5) is 0 Å². The van der Waals surface area contributed by atoms with Gasteiger partial charge in [-0.3, -0.25) is 4.90 Å². The molecule has 0 radical (unpaired) electrons. The van der Waals surface area contributed by atoms with Crippen molar-refractivity contribution in [2.45, 2.75) is 20.0 Å². The molecule has 0 atom stereocenters. The lowest BCUT2D eigenvalue weighted by molar-refractivity contribution is 0.306. The number of hydrogen-bond donors (Lipinski definition) is 0. The smallest absolute Gasteiger partial charge is 0.131 e. The van der Waals surface area contributed by atoms with Crippen LogP contribution in [-0.2, 0) is 20.1 Å². The van der Waals surface area contributed by atoms with Crippen molar-refractivity contribution in [3.05, 3.63) is 40.1 Å². The van der Waals surface area contributed by atoms with Gasteiger partial charge in [0.25, 0.3) is 0 Å². The van der Waals surface area contributed by atoms with E-state index in [2.05, 4.69) is 44.8 Å². The lowest BCUT2D eigenvalue weighted by Gasteiger charge is -2.14. The first-order chi connectivity index (χ1) is 9.63. The fraction of sp³-hybridized carbons (Fsp3) is 0.357. The van der Waals surface area contributed by atoms with Gasteiger partial charge in [0, 0.05) is 7.05 Å². The molecule has 0 unspecified atom stereocenters.